The topological polar surface area (TPSA) is 69.8 Å². The van der Waals surface area contributed by atoms with Crippen molar-refractivity contribution in [2.75, 3.05) is 10.6 Å². The molecule has 6 heteroatoms. The molecule has 18 heavy (non-hydrogen) atoms. The van der Waals surface area contributed by atoms with E-state index in [-0.39, 0.29) is 11.6 Å². The highest BCUT2D eigenvalue weighted by Gasteiger charge is 2.05. The van der Waals surface area contributed by atoms with E-state index in [1.807, 2.05) is 0 Å². The van der Waals surface area contributed by atoms with Crippen molar-refractivity contribution in [3.63, 3.8) is 0 Å². The number of imidazole rings is 1. The van der Waals surface area contributed by atoms with Gasteiger partial charge < -0.3 is 15.6 Å². The van der Waals surface area contributed by atoms with E-state index in [1.54, 1.807) is 24.7 Å². The van der Waals surface area contributed by atoms with E-state index < -0.39 is 5.82 Å². The summed E-state index contributed by atoms with van der Waals surface area (Å²) in [6, 6.07) is 4.46. The molecule has 0 atom stereocenters. The average Bonchev–Trinajstić information content (AvgIpc) is 2.82. The number of carbonyl (C=O) groups is 1. The monoisotopic (exact) mass is 248 g/mol. The Labute approximate surface area is 103 Å². The fraction of sp³-hybridized carbons (Fsp3) is 0.167. The first-order chi connectivity index (χ1) is 8.65. The fourth-order valence-electron chi connectivity index (χ4n) is 1.50. The van der Waals surface area contributed by atoms with Crippen molar-refractivity contribution < 1.29 is 9.18 Å². The first kappa shape index (κ1) is 12.1. The van der Waals surface area contributed by atoms with E-state index in [0.717, 1.165) is 11.4 Å². The van der Waals surface area contributed by atoms with Crippen LogP contribution in [-0.4, -0.2) is 15.9 Å². The number of benzene rings is 1. The molecule has 0 aliphatic heterocycles. The smallest absolute Gasteiger partial charge is 0.221 e. The molecule has 0 saturated carbocycles. The van der Waals surface area contributed by atoms with Crippen LogP contribution in [0.4, 0.5) is 15.8 Å². The standard InChI is InChI=1S/C12H13FN4O/c1-8(18)17-12-4-9(2-3-11(12)13)15-6-10-5-14-7-16-10/h2-5,7,15H,6H2,1H3,(H,14,16)(H,17,18). The van der Waals surface area contributed by atoms with Crippen molar-refractivity contribution in [2.45, 2.75) is 13.5 Å². The summed E-state index contributed by atoms with van der Waals surface area (Å²) in [6.45, 7) is 1.88. The maximum atomic E-state index is 13.4. The second-order valence-corrected chi connectivity index (χ2v) is 3.81. The van der Waals surface area contributed by atoms with Gasteiger partial charge in [-0.3, -0.25) is 4.79 Å². The highest BCUT2D eigenvalue weighted by molar-refractivity contribution is 5.89. The van der Waals surface area contributed by atoms with Gasteiger partial charge in [-0.1, -0.05) is 0 Å². The summed E-state index contributed by atoms with van der Waals surface area (Å²) in [7, 11) is 0. The summed E-state index contributed by atoms with van der Waals surface area (Å²) in [4.78, 5) is 17.8. The van der Waals surface area contributed by atoms with Gasteiger partial charge in [0.1, 0.15) is 5.82 Å². The zero-order chi connectivity index (χ0) is 13.0. The summed E-state index contributed by atoms with van der Waals surface area (Å²) in [5.74, 6) is -0.767. The minimum Gasteiger partial charge on any atom is -0.379 e. The Morgan fingerprint density at radius 3 is 3.00 bits per heavy atom. The molecule has 1 amide bonds. The predicted octanol–water partition coefficient (Wildman–Crippen LogP) is 2.12. The van der Waals surface area contributed by atoms with E-state index in [1.165, 1.54) is 13.0 Å². The highest BCUT2D eigenvalue weighted by atomic mass is 19.1. The van der Waals surface area contributed by atoms with Gasteiger partial charge in [-0.05, 0) is 18.2 Å². The summed E-state index contributed by atoms with van der Waals surface area (Å²) in [5.41, 5.74) is 1.80. The van der Waals surface area contributed by atoms with Gasteiger partial charge in [-0.2, -0.15) is 0 Å². The lowest BCUT2D eigenvalue weighted by atomic mass is 10.2. The highest BCUT2D eigenvalue weighted by Crippen LogP contribution is 2.19. The number of nitrogens with zero attached hydrogens (tertiary/aromatic N) is 1. The molecular weight excluding hydrogens is 235 g/mol. The van der Waals surface area contributed by atoms with E-state index in [4.69, 9.17) is 0 Å². The van der Waals surface area contributed by atoms with Crippen molar-refractivity contribution in [1.29, 1.82) is 0 Å². The number of halogens is 1. The summed E-state index contributed by atoms with van der Waals surface area (Å²) in [5, 5.41) is 5.53. The number of H-pyrrole nitrogens is 1. The predicted molar refractivity (Wildman–Crippen MR) is 66.6 cm³/mol. The Bertz CT molecular complexity index is 539. The molecule has 1 aromatic heterocycles. The summed E-state index contributed by atoms with van der Waals surface area (Å²) < 4.78 is 13.4. The zero-order valence-corrected chi connectivity index (χ0v) is 9.83. The van der Waals surface area contributed by atoms with Crippen LogP contribution >= 0.6 is 0 Å². The van der Waals surface area contributed by atoms with Crippen LogP contribution in [0.5, 0.6) is 0 Å². The number of rotatable bonds is 4. The third kappa shape index (κ3) is 3.07. The van der Waals surface area contributed by atoms with Crippen molar-refractivity contribution in [1.82, 2.24) is 9.97 Å². The Morgan fingerprint density at radius 2 is 2.33 bits per heavy atom. The first-order valence-corrected chi connectivity index (χ1v) is 5.43. The van der Waals surface area contributed by atoms with Crippen molar-refractivity contribution >= 4 is 17.3 Å². The summed E-state index contributed by atoms with van der Waals surface area (Å²) in [6.07, 6.45) is 3.29. The third-order valence-electron chi connectivity index (χ3n) is 2.31. The molecule has 1 aromatic carbocycles. The van der Waals surface area contributed by atoms with Gasteiger partial charge in [0.15, 0.2) is 0 Å². The van der Waals surface area contributed by atoms with Crippen LogP contribution in [0.25, 0.3) is 0 Å². The number of aromatic amines is 1. The molecule has 0 radical (unpaired) electrons. The van der Waals surface area contributed by atoms with Crippen molar-refractivity contribution in [3.05, 3.63) is 42.2 Å². The Morgan fingerprint density at radius 1 is 1.50 bits per heavy atom. The second kappa shape index (κ2) is 5.31. The van der Waals surface area contributed by atoms with Crippen molar-refractivity contribution in [2.24, 2.45) is 0 Å². The van der Waals surface area contributed by atoms with Gasteiger partial charge in [-0.25, -0.2) is 9.37 Å². The van der Waals surface area contributed by atoms with E-state index in [9.17, 15) is 9.18 Å². The second-order valence-electron chi connectivity index (χ2n) is 3.81. The number of nitrogens with one attached hydrogen (secondary N) is 3. The Kier molecular flexibility index (Phi) is 3.57. The average molecular weight is 248 g/mol. The van der Waals surface area contributed by atoms with Crippen molar-refractivity contribution in [3.8, 4) is 0 Å². The third-order valence-corrected chi connectivity index (χ3v) is 2.31. The number of hydrogen-bond acceptors (Lipinski definition) is 3. The van der Waals surface area contributed by atoms with E-state index in [2.05, 4.69) is 20.6 Å². The normalized spacial score (nSPS) is 10.1. The molecule has 1 heterocycles. The van der Waals surface area contributed by atoms with Crippen LogP contribution in [0.15, 0.2) is 30.7 Å². The van der Waals surface area contributed by atoms with E-state index >= 15 is 0 Å². The molecular formula is C12H13FN4O. The quantitative estimate of drug-likeness (QED) is 0.776. The minimum atomic E-state index is -0.461. The molecule has 0 bridgehead atoms. The molecule has 0 aliphatic carbocycles. The molecule has 94 valence electrons. The maximum Gasteiger partial charge on any atom is 0.221 e. The number of hydrogen-bond donors (Lipinski definition) is 3. The minimum absolute atomic E-state index is 0.164. The molecule has 5 nitrogen and oxygen atoms in total. The van der Waals surface area contributed by atoms with Gasteiger partial charge in [0.2, 0.25) is 5.91 Å². The Balaban J connectivity index is 2.06. The van der Waals surface area contributed by atoms with E-state index in [0.29, 0.717) is 6.54 Å². The maximum absolute atomic E-state index is 13.4. The number of amides is 1. The van der Waals surface area contributed by atoms with Crippen LogP contribution in [0.3, 0.4) is 0 Å². The molecule has 0 unspecified atom stereocenters. The molecule has 2 aromatic rings. The van der Waals surface area contributed by atoms with Crippen LogP contribution in [0.2, 0.25) is 0 Å². The molecule has 0 spiro atoms. The lowest BCUT2D eigenvalue weighted by Gasteiger charge is -2.08. The largest absolute Gasteiger partial charge is 0.379 e. The van der Waals surface area contributed by atoms with Crippen LogP contribution in [0, 0.1) is 5.82 Å². The molecule has 0 saturated heterocycles. The van der Waals surface area contributed by atoms with Gasteiger partial charge in [0, 0.05) is 18.8 Å². The zero-order valence-electron chi connectivity index (χ0n) is 9.83. The van der Waals surface area contributed by atoms with Crippen LogP contribution in [-0.2, 0) is 11.3 Å². The Hall–Kier alpha value is -2.37. The number of aromatic nitrogens is 2. The van der Waals surface area contributed by atoms with Gasteiger partial charge in [0.25, 0.3) is 0 Å². The van der Waals surface area contributed by atoms with Crippen LogP contribution < -0.4 is 10.6 Å². The lowest BCUT2D eigenvalue weighted by molar-refractivity contribution is -0.114. The van der Waals surface area contributed by atoms with Gasteiger partial charge >= 0.3 is 0 Å². The lowest BCUT2D eigenvalue weighted by Crippen LogP contribution is -2.08. The number of anilines is 2. The molecule has 3 N–H and O–H groups in total. The summed E-state index contributed by atoms with van der Waals surface area (Å²) >= 11 is 0. The van der Waals surface area contributed by atoms with Gasteiger partial charge in [0.05, 0.1) is 24.3 Å². The first-order valence-electron chi connectivity index (χ1n) is 5.43. The van der Waals surface area contributed by atoms with Gasteiger partial charge in [-0.15, -0.1) is 0 Å². The SMILES string of the molecule is CC(=O)Nc1cc(NCc2cnc[nH]2)ccc1F. The number of carbonyl (C=O) groups excluding carboxylic acids is 1. The molecule has 2 rings (SSSR count). The fourth-order valence-corrected chi connectivity index (χ4v) is 1.50. The molecule has 0 fully saturated rings. The van der Waals surface area contributed by atoms with Crippen LogP contribution in [0.1, 0.15) is 12.6 Å². The molecule has 0 aliphatic rings.